The van der Waals surface area contributed by atoms with Crippen molar-refractivity contribution in [2.24, 2.45) is 5.92 Å². The molecule has 0 saturated carbocycles. The summed E-state index contributed by atoms with van der Waals surface area (Å²) >= 11 is 5.77. The molecule has 0 fully saturated rings. The fourth-order valence-electron chi connectivity index (χ4n) is 1.33. The van der Waals surface area contributed by atoms with E-state index in [9.17, 15) is 18.0 Å². The zero-order valence-electron chi connectivity index (χ0n) is 11.1. The summed E-state index contributed by atoms with van der Waals surface area (Å²) in [7, 11) is 0. The monoisotopic (exact) mass is 309 g/mol. The molecule has 0 aliphatic rings. The van der Waals surface area contributed by atoms with E-state index < -0.39 is 12.8 Å². The molecule has 0 aliphatic heterocycles. The number of alkyl halides is 3. The van der Waals surface area contributed by atoms with Gasteiger partial charge in [-0.25, -0.2) is 0 Å². The first-order chi connectivity index (χ1) is 9.23. The quantitative estimate of drug-likeness (QED) is 0.882. The Morgan fingerprint density at radius 2 is 2.10 bits per heavy atom. The topological polar surface area (TPSA) is 38.3 Å². The minimum Gasteiger partial charge on any atom is -0.482 e. The molecule has 1 aromatic rings. The first-order valence-corrected chi connectivity index (χ1v) is 6.40. The van der Waals surface area contributed by atoms with Gasteiger partial charge in [0.1, 0.15) is 5.75 Å². The molecule has 0 radical (unpaired) electrons. The van der Waals surface area contributed by atoms with Crippen molar-refractivity contribution in [3.8, 4) is 5.75 Å². The summed E-state index contributed by atoms with van der Waals surface area (Å²) in [5.74, 6) is -0.626. The number of anilines is 1. The van der Waals surface area contributed by atoms with Gasteiger partial charge in [-0.2, -0.15) is 13.2 Å². The van der Waals surface area contributed by atoms with Crippen LogP contribution in [-0.4, -0.2) is 18.7 Å². The molecule has 1 N–H and O–H groups in total. The Morgan fingerprint density at radius 3 is 2.65 bits per heavy atom. The van der Waals surface area contributed by atoms with E-state index in [0.717, 1.165) is 0 Å². The number of rotatable bonds is 5. The van der Waals surface area contributed by atoms with Crippen LogP contribution in [0.15, 0.2) is 18.2 Å². The number of ether oxygens (including phenoxy) is 1. The van der Waals surface area contributed by atoms with Crippen molar-refractivity contribution in [2.75, 3.05) is 11.9 Å². The molecule has 0 saturated heterocycles. The van der Waals surface area contributed by atoms with Crippen molar-refractivity contribution >= 4 is 23.2 Å². The van der Waals surface area contributed by atoms with Crippen LogP contribution in [0.1, 0.15) is 20.3 Å². The molecule has 0 aliphatic carbocycles. The molecular formula is C13H15ClF3NO2. The number of carbonyl (C=O) groups excluding carboxylic acids is 1. The molecule has 0 aromatic heterocycles. The summed E-state index contributed by atoms with van der Waals surface area (Å²) in [5, 5.41) is 2.82. The number of amides is 1. The lowest BCUT2D eigenvalue weighted by atomic mass is 10.1. The van der Waals surface area contributed by atoms with Crippen LogP contribution in [0.2, 0.25) is 5.02 Å². The SMILES string of the molecule is CCC(C)C(=O)Nc1cc(Cl)ccc1OCC(F)(F)F. The van der Waals surface area contributed by atoms with E-state index in [-0.39, 0.29) is 23.3 Å². The fourth-order valence-corrected chi connectivity index (χ4v) is 1.50. The summed E-state index contributed by atoms with van der Waals surface area (Å²) in [6, 6.07) is 4.04. The van der Waals surface area contributed by atoms with E-state index in [4.69, 9.17) is 11.6 Å². The van der Waals surface area contributed by atoms with Crippen LogP contribution in [0.4, 0.5) is 18.9 Å². The summed E-state index contributed by atoms with van der Waals surface area (Å²) in [5.41, 5.74) is 0.132. The van der Waals surface area contributed by atoms with Crippen molar-refractivity contribution in [1.82, 2.24) is 0 Å². The first-order valence-electron chi connectivity index (χ1n) is 6.03. The molecular weight excluding hydrogens is 295 g/mol. The van der Waals surface area contributed by atoms with Gasteiger partial charge < -0.3 is 10.1 Å². The molecule has 7 heteroatoms. The van der Waals surface area contributed by atoms with E-state index in [0.29, 0.717) is 11.4 Å². The maximum atomic E-state index is 12.2. The molecule has 1 unspecified atom stereocenters. The van der Waals surface area contributed by atoms with E-state index in [2.05, 4.69) is 10.1 Å². The third kappa shape index (κ3) is 5.28. The van der Waals surface area contributed by atoms with Crippen molar-refractivity contribution < 1.29 is 22.7 Å². The number of nitrogens with one attached hydrogen (secondary N) is 1. The lowest BCUT2D eigenvalue weighted by molar-refractivity contribution is -0.153. The third-order valence-electron chi connectivity index (χ3n) is 2.65. The highest BCUT2D eigenvalue weighted by atomic mass is 35.5. The van der Waals surface area contributed by atoms with E-state index >= 15 is 0 Å². The standard InChI is InChI=1S/C13H15ClF3NO2/c1-3-8(2)12(19)18-10-6-9(14)4-5-11(10)20-7-13(15,16)17/h4-6,8H,3,7H2,1-2H3,(H,18,19). The predicted octanol–water partition coefficient (Wildman–Crippen LogP) is 4.27. The molecule has 0 heterocycles. The van der Waals surface area contributed by atoms with E-state index in [1.807, 2.05) is 6.92 Å². The average Bonchev–Trinajstić information content (AvgIpc) is 2.35. The average molecular weight is 310 g/mol. The predicted molar refractivity (Wildman–Crippen MR) is 71.1 cm³/mol. The van der Waals surface area contributed by atoms with Gasteiger partial charge in [0, 0.05) is 10.9 Å². The highest BCUT2D eigenvalue weighted by Crippen LogP contribution is 2.30. The zero-order valence-corrected chi connectivity index (χ0v) is 11.8. The molecule has 0 spiro atoms. The molecule has 1 aromatic carbocycles. The Morgan fingerprint density at radius 1 is 1.45 bits per heavy atom. The van der Waals surface area contributed by atoms with Gasteiger partial charge in [0.05, 0.1) is 5.69 Å². The maximum Gasteiger partial charge on any atom is 0.422 e. The molecule has 1 rings (SSSR count). The summed E-state index contributed by atoms with van der Waals surface area (Å²) in [4.78, 5) is 11.8. The number of benzene rings is 1. The van der Waals surface area contributed by atoms with Gasteiger partial charge in [0.2, 0.25) is 5.91 Å². The van der Waals surface area contributed by atoms with Crippen molar-refractivity contribution in [1.29, 1.82) is 0 Å². The number of hydrogen-bond donors (Lipinski definition) is 1. The highest BCUT2D eigenvalue weighted by Gasteiger charge is 2.29. The summed E-state index contributed by atoms with van der Waals surface area (Å²) in [6.45, 7) is 2.13. The molecule has 3 nitrogen and oxygen atoms in total. The van der Waals surface area contributed by atoms with Crippen molar-refractivity contribution in [2.45, 2.75) is 26.4 Å². The fraction of sp³-hybridized carbons (Fsp3) is 0.462. The van der Waals surface area contributed by atoms with Crippen LogP contribution in [0.3, 0.4) is 0 Å². The van der Waals surface area contributed by atoms with Crippen LogP contribution in [0.5, 0.6) is 5.75 Å². The highest BCUT2D eigenvalue weighted by molar-refractivity contribution is 6.31. The van der Waals surface area contributed by atoms with E-state index in [1.165, 1.54) is 18.2 Å². The first kappa shape index (κ1) is 16.6. The minimum absolute atomic E-state index is 0.0663. The maximum absolute atomic E-state index is 12.2. The second kappa shape index (κ2) is 6.83. The van der Waals surface area contributed by atoms with Gasteiger partial charge in [-0.15, -0.1) is 0 Å². The van der Waals surface area contributed by atoms with Gasteiger partial charge in [-0.05, 0) is 24.6 Å². The minimum atomic E-state index is -4.45. The Balaban J connectivity index is 2.87. The van der Waals surface area contributed by atoms with Crippen molar-refractivity contribution in [3.63, 3.8) is 0 Å². The summed E-state index contributed by atoms with van der Waals surface area (Å²) in [6.07, 6.45) is -3.83. The lowest BCUT2D eigenvalue weighted by Crippen LogP contribution is -2.22. The normalized spacial score (nSPS) is 12.9. The number of halogens is 4. The molecule has 1 atom stereocenters. The van der Waals surface area contributed by atoms with Crippen LogP contribution in [0.25, 0.3) is 0 Å². The van der Waals surface area contributed by atoms with Crippen LogP contribution in [-0.2, 0) is 4.79 Å². The van der Waals surface area contributed by atoms with Gasteiger partial charge in [-0.3, -0.25) is 4.79 Å². The van der Waals surface area contributed by atoms with Crippen molar-refractivity contribution in [3.05, 3.63) is 23.2 Å². The largest absolute Gasteiger partial charge is 0.482 e. The Hall–Kier alpha value is -1.43. The summed E-state index contributed by atoms with van der Waals surface area (Å²) < 4.78 is 41.2. The second-order valence-electron chi connectivity index (χ2n) is 4.34. The molecule has 1 amide bonds. The molecule has 20 heavy (non-hydrogen) atoms. The Bertz CT molecular complexity index is 477. The third-order valence-corrected chi connectivity index (χ3v) is 2.89. The number of carbonyl (C=O) groups is 1. The van der Waals surface area contributed by atoms with Crippen LogP contribution in [0, 0.1) is 5.92 Å². The van der Waals surface area contributed by atoms with Crippen LogP contribution >= 0.6 is 11.6 Å². The van der Waals surface area contributed by atoms with E-state index in [1.54, 1.807) is 6.92 Å². The lowest BCUT2D eigenvalue weighted by Gasteiger charge is -2.15. The van der Waals surface area contributed by atoms with Gasteiger partial charge >= 0.3 is 6.18 Å². The van der Waals surface area contributed by atoms with Gasteiger partial charge in [-0.1, -0.05) is 25.4 Å². The van der Waals surface area contributed by atoms with Gasteiger partial charge in [0.15, 0.2) is 6.61 Å². The number of hydrogen-bond acceptors (Lipinski definition) is 2. The smallest absolute Gasteiger partial charge is 0.422 e. The Labute approximate surface area is 120 Å². The Kier molecular flexibility index (Phi) is 5.68. The van der Waals surface area contributed by atoms with Gasteiger partial charge in [0.25, 0.3) is 0 Å². The van der Waals surface area contributed by atoms with Crippen LogP contribution < -0.4 is 10.1 Å². The molecule has 112 valence electrons. The zero-order chi connectivity index (χ0) is 15.3. The molecule has 0 bridgehead atoms. The second-order valence-corrected chi connectivity index (χ2v) is 4.78.